The minimum Gasteiger partial charge on any atom is -0.505 e. The molecule has 0 aromatic carbocycles. The molecule has 1 heterocycles. The summed E-state index contributed by atoms with van der Waals surface area (Å²) in [5.74, 6) is -1.54. The van der Waals surface area contributed by atoms with E-state index in [2.05, 4.69) is 4.98 Å². The molecule has 0 aliphatic rings. The van der Waals surface area contributed by atoms with Crippen LogP contribution in [-0.4, -0.2) is 21.2 Å². The second-order valence-electron chi connectivity index (χ2n) is 1.93. The van der Waals surface area contributed by atoms with Crippen molar-refractivity contribution in [2.75, 3.05) is 5.73 Å². The molecule has 0 saturated heterocycles. The van der Waals surface area contributed by atoms with Gasteiger partial charge in [-0.2, -0.15) is 0 Å². The van der Waals surface area contributed by atoms with Gasteiger partial charge in [0.15, 0.2) is 0 Å². The molecule has 0 amide bonds. The number of hydrogen-bond donors (Lipinski definition) is 3. The lowest BCUT2D eigenvalue weighted by Gasteiger charge is -1.98. The molecule has 0 bridgehead atoms. The Kier molecular flexibility index (Phi) is 1.63. The Morgan fingerprint density at radius 2 is 2.27 bits per heavy atom. The molecule has 5 nitrogen and oxygen atoms in total. The fraction of sp³-hybridized carbons (Fsp3) is 0. The fourth-order valence-corrected chi connectivity index (χ4v) is 0.636. The molecule has 1 aromatic rings. The number of aromatic hydroxyl groups is 1. The Morgan fingerprint density at radius 1 is 1.64 bits per heavy atom. The summed E-state index contributed by atoms with van der Waals surface area (Å²) in [7, 11) is 0. The molecule has 0 saturated carbocycles. The molecule has 0 radical (unpaired) electrons. The summed E-state index contributed by atoms with van der Waals surface area (Å²) in [5, 5.41) is 17.4. The number of aromatic carboxylic acids is 1. The lowest BCUT2D eigenvalue weighted by Crippen LogP contribution is -1.99. The molecule has 58 valence electrons. The second kappa shape index (κ2) is 2.45. The summed E-state index contributed by atoms with van der Waals surface area (Å²) >= 11 is 0. The highest BCUT2D eigenvalue weighted by Crippen LogP contribution is 2.16. The van der Waals surface area contributed by atoms with Crippen molar-refractivity contribution in [3.63, 3.8) is 0 Å². The lowest BCUT2D eigenvalue weighted by molar-refractivity contribution is 0.0693. The standard InChI is InChI=1S/C6H6N2O3/c7-5-1-3(6(10)11)4(9)2-8-5/h1-2,9H,(H2,7,8)(H,10,11). The molecule has 11 heavy (non-hydrogen) atoms. The third kappa shape index (κ3) is 1.37. The fourth-order valence-electron chi connectivity index (χ4n) is 0.636. The predicted octanol–water partition coefficient (Wildman–Crippen LogP) is 0.0676. The maximum absolute atomic E-state index is 10.3. The molecule has 1 rings (SSSR count). The van der Waals surface area contributed by atoms with E-state index in [1.165, 1.54) is 0 Å². The Hall–Kier alpha value is -1.78. The zero-order valence-corrected chi connectivity index (χ0v) is 5.48. The van der Waals surface area contributed by atoms with Gasteiger partial charge in [-0.3, -0.25) is 0 Å². The Balaban J connectivity index is 3.23. The lowest BCUT2D eigenvalue weighted by atomic mass is 10.2. The number of anilines is 1. The summed E-state index contributed by atoms with van der Waals surface area (Å²) in [6, 6.07) is 1.09. The van der Waals surface area contributed by atoms with Gasteiger partial charge in [0.1, 0.15) is 17.1 Å². The van der Waals surface area contributed by atoms with Crippen LogP contribution in [-0.2, 0) is 0 Å². The van der Waals surface area contributed by atoms with Crippen LogP contribution in [0.2, 0.25) is 0 Å². The number of pyridine rings is 1. The maximum Gasteiger partial charge on any atom is 0.339 e. The van der Waals surface area contributed by atoms with E-state index in [1.54, 1.807) is 0 Å². The van der Waals surface area contributed by atoms with Gasteiger partial charge in [-0.1, -0.05) is 0 Å². The minimum absolute atomic E-state index is 0.0696. The van der Waals surface area contributed by atoms with Crippen molar-refractivity contribution in [1.29, 1.82) is 0 Å². The Bertz CT molecular complexity index is 298. The quantitative estimate of drug-likeness (QED) is 0.531. The van der Waals surface area contributed by atoms with Gasteiger partial charge >= 0.3 is 5.97 Å². The number of nitrogen functional groups attached to an aromatic ring is 1. The van der Waals surface area contributed by atoms with E-state index >= 15 is 0 Å². The second-order valence-corrected chi connectivity index (χ2v) is 1.93. The van der Waals surface area contributed by atoms with Crippen LogP contribution in [0.4, 0.5) is 5.82 Å². The monoisotopic (exact) mass is 154 g/mol. The van der Waals surface area contributed by atoms with Crippen molar-refractivity contribution in [3.8, 4) is 5.75 Å². The highest BCUT2D eigenvalue weighted by atomic mass is 16.4. The highest BCUT2D eigenvalue weighted by Gasteiger charge is 2.09. The predicted molar refractivity (Wildman–Crippen MR) is 37.3 cm³/mol. The van der Waals surface area contributed by atoms with E-state index in [0.29, 0.717) is 0 Å². The first-order valence-corrected chi connectivity index (χ1v) is 2.79. The van der Waals surface area contributed by atoms with Crippen LogP contribution in [0.15, 0.2) is 12.3 Å². The highest BCUT2D eigenvalue weighted by molar-refractivity contribution is 5.91. The molecule has 1 aromatic heterocycles. The van der Waals surface area contributed by atoms with Crippen LogP contribution in [0.5, 0.6) is 5.75 Å². The van der Waals surface area contributed by atoms with Gasteiger partial charge in [-0.15, -0.1) is 0 Å². The number of carbonyl (C=O) groups is 1. The van der Waals surface area contributed by atoms with Gasteiger partial charge in [0.05, 0.1) is 6.20 Å². The zero-order chi connectivity index (χ0) is 8.43. The van der Waals surface area contributed by atoms with Gasteiger partial charge in [-0.25, -0.2) is 9.78 Å². The smallest absolute Gasteiger partial charge is 0.339 e. The van der Waals surface area contributed by atoms with E-state index < -0.39 is 5.97 Å². The minimum atomic E-state index is -1.23. The average Bonchev–Trinajstić information content (AvgIpc) is 1.94. The molecule has 0 atom stereocenters. The summed E-state index contributed by atoms with van der Waals surface area (Å²) in [6.45, 7) is 0. The molecule has 5 heteroatoms. The van der Waals surface area contributed by atoms with Crippen LogP contribution in [0.25, 0.3) is 0 Å². The third-order valence-corrected chi connectivity index (χ3v) is 1.13. The van der Waals surface area contributed by atoms with Crippen molar-refractivity contribution in [3.05, 3.63) is 17.8 Å². The van der Waals surface area contributed by atoms with Crippen LogP contribution in [0.1, 0.15) is 10.4 Å². The van der Waals surface area contributed by atoms with E-state index in [4.69, 9.17) is 15.9 Å². The van der Waals surface area contributed by atoms with Crippen LogP contribution < -0.4 is 5.73 Å². The van der Waals surface area contributed by atoms with Crippen molar-refractivity contribution >= 4 is 11.8 Å². The molecule has 4 N–H and O–H groups in total. The van der Waals surface area contributed by atoms with Gasteiger partial charge in [0.25, 0.3) is 0 Å². The first-order valence-electron chi connectivity index (χ1n) is 2.79. The van der Waals surface area contributed by atoms with E-state index in [-0.39, 0.29) is 17.1 Å². The number of nitrogens with zero attached hydrogens (tertiary/aromatic N) is 1. The van der Waals surface area contributed by atoms with Crippen molar-refractivity contribution in [2.24, 2.45) is 0 Å². The van der Waals surface area contributed by atoms with Gasteiger partial charge < -0.3 is 15.9 Å². The van der Waals surface area contributed by atoms with Crippen molar-refractivity contribution < 1.29 is 15.0 Å². The summed E-state index contributed by atoms with van der Waals surface area (Å²) in [6.07, 6.45) is 0.999. The van der Waals surface area contributed by atoms with Crippen LogP contribution in [0, 0.1) is 0 Å². The molecular formula is C6H6N2O3. The van der Waals surface area contributed by atoms with Gasteiger partial charge in [0.2, 0.25) is 0 Å². The molecule has 0 fully saturated rings. The van der Waals surface area contributed by atoms with Gasteiger partial charge in [0, 0.05) is 0 Å². The molecular weight excluding hydrogens is 148 g/mol. The molecule has 0 spiro atoms. The topological polar surface area (TPSA) is 96.4 Å². The SMILES string of the molecule is Nc1cc(C(=O)O)c(O)cn1. The third-order valence-electron chi connectivity index (χ3n) is 1.13. The van der Waals surface area contributed by atoms with Crippen LogP contribution >= 0.6 is 0 Å². The number of carboxylic acid groups (broad SMARTS) is 1. The Morgan fingerprint density at radius 3 is 2.73 bits per heavy atom. The van der Waals surface area contributed by atoms with Crippen molar-refractivity contribution in [2.45, 2.75) is 0 Å². The molecule has 0 aliphatic heterocycles. The number of rotatable bonds is 1. The first kappa shape index (κ1) is 7.33. The summed E-state index contributed by atoms with van der Waals surface area (Å²) < 4.78 is 0. The van der Waals surface area contributed by atoms with Gasteiger partial charge in [-0.05, 0) is 6.07 Å². The average molecular weight is 154 g/mol. The summed E-state index contributed by atoms with van der Waals surface area (Å²) in [4.78, 5) is 13.8. The Labute approximate surface area is 62.1 Å². The molecule has 0 aliphatic carbocycles. The van der Waals surface area contributed by atoms with E-state index in [0.717, 1.165) is 12.3 Å². The number of hydrogen-bond acceptors (Lipinski definition) is 4. The van der Waals surface area contributed by atoms with E-state index in [9.17, 15) is 4.79 Å². The zero-order valence-electron chi connectivity index (χ0n) is 5.48. The maximum atomic E-state index is 10.3. The van der Waals surface area contributed by atoms with Crippen LogP contribution in [0.3, 0.4) is 0 Å². The summed E-state index contributed by atoms with van der Waals surface area (Å²) in [5.41, 5.74) is 4.94. The number of nitrogens with two attached hydrogens (primary N) is 1. The number of carboxylic acids is 1. The largest absolute Gasteiger partial charge is 0.505 e. The first-order chi connectivity index (χ1) is 5.11. The van der Waals surface area contributed by atoms with Crippen molar-refractivity contribution in [1.82, 2.24) is 4.98 Å². The van der Waals surface area contributed by atoms with E-state index in [1.807, 2.05) is 0 Å². The normalized spacial score (nSPS) is 9.45. The molecule has 0 unspecified atom stereocenters. The number of aromatic nitrogens is 1.